The lowest BCUT2D eigenvalue weighted by atomic mass is 10.00. The third-order valence-corrected chi connectivity index (χ3v) is 6.64. The molecule has 0 radical (unpaired) electrons. The van der Waals surface area contributed by atoms with Gasteiger partial charge in [0.2, 0.25) is 0 Å². The minimum atomic E-state index is 0.789. The van der Waals surface area contributed by atoms with E-state index in [0.29, 0.717) is 0 Å². The molecule has 4 heterocycles. The van der Waals surface area contributed by atoms with Crippen LogP contribution in [0.4, 0.5) is 5.82 Å². The SMILES string of the molecule is CCCn1c(C)c(C)c2ccnc(N3CCC(N4CCCCC4)CC3)c21. The van der Waals surface area contributed by atoms with Gasteiger partial charge in [0, 0.05) is 43.0 Å². The molecule has 0 N–H and O–H groups in total. The molecule has 2 fully saturated rings. The second-order valence-electron chi connectivity index (χ2n) is 8.21. The number of pyridine rings is 1. The zero-order valence-corrected chi connectivity index (χ0v) is 16.8. The van der Waals surface area contributed by atoms with Crippen molar-refractivity contribution in [2.75, 3.05) is 31.1 Å². The number of anilines is 1. The molecule has 4 heteroatoms. The van der Waals surface area contributed by atoms with E-state index in [0.717, 1.165) is 32.1 Å². The average Bonchev–Trinajstić information content (AvgIpc) is 2.94. The Labute approximate surface area is 158 Å². The number of likely N-dealkylation sites (tertiary alicyclic amines) is 1. The van der Waals surface area contributed by atoms with Gasteiger partial charge in [-0.05, 0) is 70.7 Å². The summed E-state index contributed by atoms with van der Waals surface area (Å²) in [6.45, 7) is 12.8. The smallest absolute Gasteiger partial charge is 0.153 e. The van der Waals surface area contributed by atoms with Gasteiger partial charge in [-0.25, -0.2) is 4.98 Å². The van der Waals surface area contributed by atoms with Crippen molar-refractivity contribution in [3.8, 4) is 0 Å². The molecular formula is C22H34N4. The molecule has 2 aromatic rings. The number of fused-ring (bicyclic) bond motifs is 1. The molecule has 2 saturated heterocycles. The topological polar surface area (TPSA) is 24.3 Å². The molecule has 0 bridgehead atoms. The van der Waals surface area contributed by atoms with Crippen LogP contribution in [0.5, 0.6) is 0 Å². The molecule has 2 aromatic heterocycles. The van der Waals surface area contributed by atoms with Gasteiger partial charge in [0.25, 0.3) is 0 Å². The fourth-order valence-electron chi connectivity index (χ4n) is 5.04. The molecule has 0 saturated carbocycles. The first-order valence-corrected chi connectivity index (χ1v) is 10.6. The summed E-state index contributed by atoms with van der Waals surface area (Å²) in [4.78, 5) is 10.2. The number of hydrogen-bond acceptors (Lipinski definition) is 3. The fourth-order valence-corrected chi connectivity index (χ4v) is 5.04. The highest BCUT2D eigenvalue weighted by molar-refractivity contribution is 5.93. The standard InChI is InChI=1S/C22H34N4/c1-4-12-26-18(3)17(2)20-8-11-23-22(21(20)26)25-15-9-19(10-16-25)24-13-6-5-7-14-24/h8,11,19H,4-7,9-10,12-16H2,1-3H3. The Bertz CT molecular complexity index is 749. The van der Waals surface area contributed by atoms with E-state index in [2.05, 4.69) is 41.2 Å². The van der Waals surface area contributed by atoms with Crippen molar-refractivity contribution in [2.24, 2.45) is 0 Å². The van der Waals surface area contributed by atoms with Crippen LogP contribution in [0.3, 0.4) is 0 Å². The summed E-state index contributed by atoms with van der Waals surface area (Å²) >= 11 is 0. The van der Waals surface area contributed by atoms with Gasteiger partial charge < -0.3 is 14.4 Å². The van der Waals surface area contributed by atoms with Crippen LogP contribution in [0.2, 0.25) is 0 Å². The van der Waals surface area contributed by atoms with Gasteiger partial charge in [0.05, 0.1) is 5.52 Å². The lowest BCUT2D eigenvalue weighted by Crippen LogP contribution is -2.47. The van der Waals surface area contributed by atoms with E-state index >= 15 is 0 Å². The van der Waals surface area contributed by atoms with Gasteiger partial charge in [0.15, 0.2) is 5.82 Å². The van der Waals surface area contributed by atoms with Crippen LogP contribution < -0.4 is 4.90 Å². The van der Waals surface area contributed by atoms with E-state index < -0.39 is 0 Å². The number of aromatic nitrogens is 2. The molecule has 4 nitrogen and oxygen atoms in total. The normalized spacial score (nSPS) is 20.2. The Kier molecular flexibility index (Phi) is 5.21. The van der Waals surface area contributed by atoms with Crippen LogP contribution in [-0.4, -0.2) is 46.7 Å². The van der Waals surface area contributed by atoms with Gasteiger partial charge >= 0.3 is 0 Å². The Morgan fingerprint density at radius 1 is 1.04 bits per heavy atom. The summed E-state index contributed by atoms with van der Waals surface area (Å²) < 4.78 is 2.50. The van der Waals surface area contributed by atoms with Gasteiger partial charge in [-0.15, -0.1) is 0 Å². The summed E-state index contributed by atoms with van der Waals surface area (Å²) in [7, 11) is 0. The van der Waals surface area contributed by atoms with E-state index in [9.17, 15) is 0 Å². The summed E-state index contributed by atoms with van der Waals surface area (Å²) in [5.41, 5.74) is 4.18. The summed E-state index contributed by atoms with van der Waals surface area (Å²) in [6, 6.07) is 2.99. The Morgan fingerprint density at radius 2 is 1.77 bits per heavy atom. The Balaban J connectivity index is 1.58. The average molecular weight is 355 g/mol. The van der Waals surface area contributed by atoms with Crippen LogP contribution in [0, 0.1) is 13.8 Å². The first-order valence-electron chi connectivity index (χ1n) is 10.6. The molecule has 142 valence electrons. The van der Waals surface area contributed by atoms with Crippen LogP contribution in [0.15, 0.2) is 12.3 Å². The molecule has 0 atom stereocenters. The third-order valence-electron chi connectivity index (χ3n) is 6.64. The summed E-state index contributed by atoms with van der Waals surface area (Å²) in [6.07, 6.45) is 9.95. The second-order valence-corrected chi connectivity index (χ2v) is 8.21. The van der Waals surface area contributed by atoms with Crippen molar-refractivity contribution >= 4 is 16.7 Å². The number of rotatable bonds is 4. The first kappa shape index (κ1) is 17.8. The summed E-state index contributed by atoms with van der Waals surface area (Å²) in [5.74, 6) is 1.21. The monoisotopic (exact) mass is 354 g/mol. The van der Waals surface area contributed by atoms with Gasteiger partial charge in [-0.1, -0.05) is 13.3 Å². The van der Waals surface area contributed by atoms with Crippen molar-refractivity contribution in [1.82, 2.24) is 14.5 Å². The van der Waals surface area contributed by atoms with E-state index in [-0.39, 0.29) is 0 Å². The zero-order valence-electron chi connectivity index (χ0n) is 16.8. The van der Waals surface area contributed by atoms with Crippen molar-refractivity contribution in [3.63, 3.8) is 0 Å². The van der Waals surface area contributed by atoms with Crippen LogP contribution >= 0.6 is 0 Å². The molecule has 0 aliphatic carbocycles. The lowest BCUT2D eigenvalue weighted by Gasteiger charge is -2.40. The molecule has 26 heavy (non-hydrogen) atoms. The van der Waals surface area contributed by atoms with Crippen LogP contribution in [0.25, 0.3) is 10.9 Å². The predicted octanol–water partition coefficient (Wildman–Crippen LogP) is 4.52. The minimum Gasteiger partial charge on any atom is -0.355 e. The Morgan fingerprint density at radius 3 is 2.46 bits per heavy atom. The van der Waals surface area contributed by atoms with Gasteiger partial charge in [-0.3, -0.25) is 0 Å². The molecule has 0 unspecified atom stereocenters. The zero-order chi connectivity index (χ0) is 18.1. The minimum absolute atomic E-state index is 0.789. The van der Waals surface area contributed by atoms with E-state index in [4.69, 9.17) is 4.98 Å². The largest absolute Gasteiger partial charge is 0.355 e. The first-order chi connectivity index (χ1) is 12.7. The van der Waals surface area contributed by atoms with Gasteiger partial charge in [-0.2, -0.15) is 0 Å². The number of hydrogen-bond donors (Lipinski definition) is 0. The van der Waals surface area contributed by atoms with E-state index in [1.807, 2.05) is 6.20 Å². The predicted molar refractivity (Wildman–Crippen MR) is 110 cm³/mol. The fraction of sp³-hybridized carbons (Fsp3) is 0.682. The van der Waals surface area contributed by atoms with Crippen LogP contribution in [0.1, 0.15) is 56.7 Å². The number of aryl methyl sites for hydroxylation is 2. The molecule has 0 spiro atoms. The molecule has 2 aliphatic rings. The van der Waals surface area contributed by atoms with Crippen LogP contribution in [-0.2, 0) is 6.54 Å². The van der Waals surface area contributed by atoms with Gasteiger partial charge in [0.1, 0.15) is 0 Å². The highest BCUT2D eigenvalue weighted by Crippen LogP contribution is 2.33. The van der Waals surface area contributed by atoms with Crippen molar-refractivity contribution in [1.29, 1.82) is 0 Å². The number of piperidine rings is 2. The molecule has 4 rings (SSSR count). The molecule has 0 aromatic carbocycles. The molecular weight excluding hydrogens is 320 g/mol. The quantitative estimate of drug-likeness (QED) is 0.807. The van der Waals surface area contributed by atoms with Crippen molar-refractivity contribution < 1.29 is 0 Å². The summed E-state index contributed by atoms with van der Waals surface area (Å²) in [5, 5.41) is 1.39. The maximum atomic E-state index is 4.86. The lowest BCUT2D eigenvalue weighted by molar-refractivity contribution is 0.141. The molecule has 0 amide bonds. The number of nitrogens with zero attached hydrogens (tertiary/aromatic N) is 4. The molecule has 2 aliphatic heterocycles. The maximum Gasteiger partial charge on any atom is 0.153 e. The van der Waals surface area contributed by atoms with E-state index in [1.165, 1.54) is 73.2 Å². The highest BCUT2D eigenvalue weighted by atomic mass is 15.2. The maximum absolute atomic E-state index is 4.86. The highest BCUT2D eigenvalue weighted by Gasteiger charge is 2.27. The third kappa shape index (κ3) is 3.13. The Hall–Kier alpha value is -1.55. The van der Waals surface area contributed by atoms with Crippen molar-refractivity contribution in [2.45, 2.75) is 71.9 Å². The van der Waals surface area contributed by atoms with Crippen molar-refractivity contribution in [3.05, 3.63) is 23.5 Å². The van der Waals surface area contributed by atoms with E-state index in [1.54, 1.807) is 0 Å². The second kappa shape index (κ2) is 7.59.